The first-order chi connectivity index (χ1) is 8.10. The molecule has 18 heavy (non-hydrogen) atoms. The van der Waals surface area contributed by atoms with Gasteiger partial charge in [0, 0.05) is 25.8 Å². The highest BCUT2D eigenvalue weighted by molar-refractivity contribution is 6.28. The van der Waals surface area contributed by atoms with Gasteiger partial charge in [-0.15, -0.1) is 11.6 Å². The van der Waals surface area contributed by atoms with Crippen molar-refractivity contribution < 1.29 is 24.8 Å². The SMILES string of the molecule is CC(C)(C=NO)[N+](=O)[O-].CN(C(=O)O)C(=O)CCl. The zero-order chi connectivity index (χ0) is 14.9. The van der Waals surface area contributed by atoms with Crippen molar-refractivity contribution in [3.8, 4) is 0 Å². The average molecular weight is 284 g/mol. The summed E-state index contributed by atoms with van der Waals surface area (Å²) in [7, 11) is 1.15. The minimum Gasteiger partial charge on any atom is -0.465 e. The van der Waals surface area contributed by atoms with E-state index in [1.165, 1.54) is 13.8 Å². The van der Waals surface area contributed by atoms with Crippen molar-refractivity contribution in [1.82, 2.24) is 4.90 Å². The average Bonchev–Trinajstić information content (AvgIpc) is 2.27. The molecule has 0 bridgehead atoms. The van der Waals surface area contributed by atoms with Crippen LogP contribution in [0.5, 0.6) is 0 Å². The predicted octanol–water partition coefficient (Wildman–Crippen LogP) is 0.863. The molecule has 0 aliphatic rings. The van der Waals surface area contributed by atoms with Gasteiger partial charge < -0.3 is 10.3 Å². The lowest BCUT2D eigenvalue weighted by atomic mass is 10.1. The molecule has 0 spiro atoms. The van der Waals surface area contributed by atoms with Crippen LogP contribution in [0.15, 0.2) is 5.16 Å². The minimum atomic E-state index is -1.29. The van der Waals surface area contributed by atoms with Crippen LogP contribution in [0.2, 0.25) is 0 Å². The van der Waals surface area contributed by atoms with Crippen molar-refractivity contribution in [2.24, 2.45) is 5.16 Å². The van der Waals surface area contributed by atoms with Gasteiger partial charge in [0.1, 0.15) is 12.1 Å². The number of oxime groups is 1. The first-order valence-electron chi connectivity index (χ1n) is 4.48. The molecular formula is C8H14ClN3O6. The lowest BCUT2D eigenvalue weighted by Gasteiger charge is -2.06. The summed E-state index contributed by atoms with van der Waals surface area (Å²) in [6.07, 6.45) is -0.423. The zero-order valence-electron chi connectivity index (χ0n) is 10.0. The van der Waals surface area contributed by atoms with Gasteiger partial charge in [0.2, 0.25) is 5.91 Å². The molecular weight excluding hydrogens is 270 g/mol. The van der Waals surface area contributed by atoms with Gasteiger partial charge in [-0.1, -0.05) is 5.16 Å². The van der Waals surface area contributed by atoms with Crippen molar-refractivity contribution in [2.75, 3.05) is 12.9 Å². The number of nitro groups is 1. The summed E-state index contributed by atoms with van der Waals surface area (Å²) in [4.78, 5) is 30.3. The first kappa shape index (κ1) is 18.5. The highest BCUT2D eigenvalue weighted by Crippen LogP contribution is 2.02. The van der Waals surface area contributed by atoms with E-state index >= 15 is 0 Å². The molecule has 0 fully saturated rings. The van der Waals surface area contributed by atoms with E-state index in [1.807, 2.05) is 0 Å². The number of alkyl halides is 1. The fraction of sp³-hybridized carbons (Fsp3) is 0.625. The van der Waals surface area contributed by atoms with Crippen molar-refractivity contribution >= 4 is 29.8 Å². The number of imide groups is 1. The maximum atomic E-state index is 10.4. The Bertz CT molecular complexity index is 344. The second kappa shape index (κ2) is 8.23. The van der Waals surface area contributed by atoms with E-state index in [2.05, 4.69) is 5.16 Å². The molecule has 0 unspecified atom stereocenters. The zero-order valence-corrected chi connectivity index (χ0v) is 10.8. The molecule has 0 aromatic carbocycles. The quantitative estimate of drug-likeness (QED) is 0.259. The topological polar surface area (TPSA) is 133 Å². The molecule has 0 radical (unpaired) electrons. The van der Waals surface area contributed by atoms with E-state index in [1.54, 1.807) is 0 Å². The molecule has 0 saturated heterocycles. The number of rotatable bonds is 3. The maximum Gasteiger partial charge on any atom is 0.413 e. The Labute approximate surface area is 108 Å². The largest absolute Gasteiger partial charge is 0.465 e. The van der Waals surface area contributed by atoms with Crippen LogP contribution in [0.25, 0.3) is 0 Å². The van der Waals surface area contributed by atoms with E-state index < -0.39 is 22.5 Å². The Balaban J connectivity index is 0. The van der Waals surface area contributed by atoms with Crippen LogP contribution in [-0.2, 0) is 4.79 Å². The van der Waals surface area contributed by atoms with Crippen LogP contribution >= 0.6 is 11.6 Å². The third-order valence-electron chi connectivity index (χ3n) is 1.62. The van der Waals surface area contributed by atoms with Crippen LogP contribution in [0.3, 0.4) is 0 Å². The summed E-state index contributed by atoms with van der Waals surface area (Å²) >= 11 is 5.04. The second-order valence-corrected chi connectivity index (χ2v) is 3.79. The molecule has 2 N–H and O–H groups in total. The third kappa shape index (κ3) is 7.39. The van der Waals surface area contributed by atoms with Crippen LogP contribution in [0.4, 0.5) is 4.79 Å². The fourth-order valence-electron chi connectivity index (χ4n) is 0.385. The number of hydrogen-bond acceptors (Lipinski definition) is 6. The van der Waals surface area contributed by atoms with Gasteiger partial charge in [-0.05, 0) is 0 Å². The third-order valence-corrected chi connectivity index (χ3v) is 1.85. The Morgan fingerprint density at radius 1 is 1.56 bits per heavy atom. The van der Waals surface area contributed by atoms with Gasteiger partial charge in [0.15, 0.2) is 0 Å². The van der Waals surface area contributed by atoms with Crippen molar-refractivity contribution in [1.29, 1.82) is 0 Å². The highest BCUT2D eigenvalue weighted by atomic mass is 35.5. The lowest BCUT2D eigenvalue weighted by molar-refractivity contribution is -0.536. The van der Waals surface area contributed by atoms with E-state index in [0.29, 0.717) is 4.90 Å². The molecule has 0 aliphatic carbocycles. The number of hydrogen-bond donors (Lipinski definition) is 2. The van der Waals surface area contributed by atoms with Crippen LogP contribution in [0, 0.1) is 10.1 Å². The minimum absolute atomic E-state index is 0.303. The van der Waals surface area contributed by atoms with Crippen molar-refractivity contribution in [2.45, 2.75) is 19.4 Å². The number of amides is 2. The molecule has 0 atom stereocenters. The van der Waals surface area contributed by atoms with Gasteiger partial charge in [-0.3, -0.25) is 14.9 Å². The summed E-state index contributed by atoms with van der Waals surface area (Å²) in [5.74, 6) is -0.924. The number of carbonyl (C=O) groups excluding carboxylic acids is 1. The van der Waals surface area contributed by atoms with Crippen LogP contribution < -0.4 is 0 Å². The molecule has 104 valence electrons. The lowest BCUT2D eigenvalue weighted by Crippen LogP contribution is -2.32. The van der Waals surface area contributed by atoms with E-state index in [-0.39, 0.29) is 5.88 Å². The number of nitrogens with zero attached hydrogens (tertiary/aromatic N) is 3. The molecule has 2 amide bonds. The van der Waals surface area contributed by atoms with Gasteiger partial charge in [0.25, 0.3) is 5.54 Å². The molecule has 0 aliphatic heterocycles. The van der Waals surface area contributed by atoms with Gasteiger partial charge in [-0.25, -0.2) is 9.69 Å². The maximum absolute atomic E-state index is 10.4. The molecule has 0 rings (SSSR count). The predicted molar refractivity (Wildman–Crippen MR) is 62.9 cm³/mol. The summed E-state index contributed by atoms with van der Waals surface area (Å²) in [6, 6.07) is 0. The van der Waals surface area contributed by atoms with Gasteiger partial charge in [0.05, 0.1) is 0 Å². The monoisotopic (exact) mass is 283 g/mol. The number of carbonyl (C=O) groups is 2. The Morgan fingerprint density at radius 2 is 2.00 bits per heavy atom. The normalized spacial score (nSPS) is 10.4. The fourth-order valence-corrected chi connectivity index (χ4v) is 0.564. The summed E-state index contributed by atoms with van der Waals surface area (Å²) in [5.41, 5.74) is -1.27. The first-order valence-corrected chi connectivity index (χ1v) is 5.02. The molecule has 9 nitrogen and oxygen atoms in total. The Kier molecular flexibility index (Phi) is 8.44. The summed E-state index contributed by atoms with van der Waals surface area (Å²) < 4.78 is 0. The molecule has 0 saturated carbocycles. The molecule has 10 heteroatoms. The number of halogens is 1. The van der Waals surface area contributed by atoms with Gasteiger partial charge >= 0.3 is 6.09 Å². The summed E-state index contributed by atoms with van der Waals surface area (Å²) in [6.45, 7) is 2.68. The van der Waals surface area contributed by atoms with Crippen LogP contribution in [-0.4, -0.2) is 56.8 Å². The van der Waals surface area contributed by atoms with Crippen molar-refractivity contribution in [3.05, 3.63) is 10.1 Å². The standard InChI is InChI=1S/C4H6ClNO3.C4H8N2O3/c1-6(4(8)9)3(7)2-5;1-4(2,3-5-7)6(8)9/h2H2,1H3,(H,8,9);3,7H,1-2H3. The van der Waals surface area contributed by atoms with Crippen molar-refractivity contribution in [3.63, 3.8) is 0 Å². The van der Waals surface area contributed by atoms with Crippen LogP contribution in [0.1, 0.15) is 13.8 Å². The van der Waals surface area contributed by atoms with Gasteiger partial charge in [-0.2, -0.15) is 0 Å². The Hall–Kier alpha value is -1.90. The smallest absolute Gasteiger partial charge is 0.413 e. The molecule has 0 heterocycles. The highest BCUT2D eigenvalue weighted by Gasteiger charge is 2.27. The second-order valence-electron chi connectivity index (χ2n) is 3.52. The van der Waals surface area contributed by atoms with E-state index in [9.17, 15) is 19.7 Å². The molecule has 0 aromatic heterocycles. The summed E-state index contributed by atoms with van der Waals surface area (Å²) in [5, 5.41) is 28.6. The van der Waals surface area contributed by atoms with E-state index in [0.717, 1.165) is 13.3 Å². The molecule has 0 aromatic rings. The van der Waals surface area contributed by atoms with E-state index in [4.69, 9.17) is 21.9 Å². The number of carboxylic acid groups (broad SMARTS) is 1. The Morgan fingerprint density at radius 3 is 2.11 bits per heavy atom.